The number of H-pyrrole nitrogens is 1. The van der Waals surface area contributed by atoms with E-state index < -0.39 is 0 Å². The average Bonchev–Trinajstić information content (AvgIpc) is 2.85. The highest BCUT2D eigenvalue weighted by molar-refractivity contribution is 5.88. The van der Waals surface area contributed by atoms with Gasteiger partial charge in [-0.25, -0.2) is 4.68 Å². The van der Waals surface area contributed by atoms with Crippen LogP contribution in [0.25, 0.3) is 18.3 Å². The van der Waals surface area contributed by atoms with Crippen LogP contribution in [-0.2, 0) is 4.79 Å². The van der Waals surface area contributed by atoms with E-state index in [2.05, 4.69) is 17.0 Å². The van der Waals surface area contributed by atoms with Crippen LogP contribution in [0.5, 0.6) is 0 Å². The Kier molecular flexibility index (Phi) is 4.16. The molecule has 1 aromatic heterocycles. The Hall–Kier alpha value is -3.34. The molecule has 120 valence electrons. The van der Waals surface area contributed by atoms with Crippen LogP contribution in [0.4, 0.5) is 5.69 Å². The number of hydrogen-bond acceptors (Lipinski definition) is 2. The first kappa shape index (κ1) is 15.6. The smallest absolute Gasteiger partial charge is 0.279 e. The van der Waals surface area contributed by atoms with Gasteiger partial charge in [0.2, 0.25) is 5.91 Å². The van der Waals surface area contributed by atoms with Crippen molar-refractivity contribution >= 4 is 24.2 Å². The van der Waals surface area contributed by atoms with Gasteiger partial charge < -0.3 is 5.32 Å². The quantitative estimate of drug-likeness (QED) is 0.765. The van der Waals surface area contributed by atoms with Crippen molar-refractivity contribution in [3.05, 3.63) is 81.1 Å². The third-order valence-electron chi connectivity index (χ3n) is 3.56. The number of nitrogens with zero attached hydrogens (tertiary/aromatic N) is 1. The number of amides is 1. The molecule has 0 bridgehead atoms. The maximum Gasteiger partial charge on any atom is 0.279 e. The fourth-order valence-corrected chi connectivity index (χ4v) is 2.44. The molecule has 1 heterocycles. The SMILES string of the molecule is C=c1[nH]n(-c2ccccc2)c(=O)c1=Cc1ccc(NC(C)=O)cc1. The molecule has 0 atom stereocenters. The number of benzene rings is 2. The van der Waals surface area contributed by atoms with E-state index in [1.165, 1.54) is 11.6 Å². The molecule has 0 unspecified atom stereocenters. The number of hydrogen-bond donors (Lipinski definition) is 2. The van der Waals surface area contributed by atoms with Gasteiger partial charge in [0.15, 0.2) is 0 Å². The Balaban J connectivity index is 2.02. The highest BCUT2D eigenvalue weighted by atomic mass is 16.1. The molecule has 3 rings (SSSR count). The van der Waals surface area contributed by atoms with Gasteiger partial charge >= 0.3 is 0 Å². The Morgan fingerprint density at radius 1 is 1.12 bits per heavy atom. The molecular weight excluding hydrogens is 302 g/mol. The first-order chi connectivity index (χ1) is 11.5. The summed E-state index contributed by atoms with van der Waals surface area (Å²) in [6.45, 7) is 5.38. The molecule has 3 aromatic rings. The Labute approximate surface area is 138 Å². The summed E-state index contributed by atoms with van der Waals surface area (Å²) in [5.41, 5.74) is 2.17. The monoisotopic (exact) mass is 319 g/mol. The van der Waals surface area contributed by atoms with Crippen molar-refractivity contribution in [1.29, 1.82) is 0 Å². The van der Waals surface area contributed by atoms with E-state index in [9.17, 15) is 9.59 Å². The van der Waals surface area contributed by atoms with Crippen molar-refractivity contribution in [3.63, 3.8) is 0 Å². The molecule has 0 radical (unpaired) electrons. The first-order valence-electron chi connectivity index (χ1n) is 7.49. The van der Waals surface area contributed by atoms with Crippen molar-refractivity contribution in [2.75, 3.05) is 5.32 Å². The fourth-order valence-electron chi connectivity index (χ4n) is 2.44. The molecule has 0 saturated heterocycles. The van der Waals surface area contributed by atoms with Crippen LogP contribution in [0.15, 0.2) is 59.4 Å². The summed E-state index contributed by atoms with van der Waals surface area (Å²) < 4.78 is 1.47. The molecule has 2 N–H and O–H groups in total. The maximum atomic E-state index is 12.6. The first-order valence-corrected chi connectivity index (χ1v) is 7.49. The molecule has 1 amide bonds. The lowest BCUT2D eigenvalue weighted by Crippen LogP contribution is -2.33. The molecule has 0 fully saturated rings. The van der Waals surface area contributed by atoms with E-state index in [1.807, 2.05) is 42.5 Å². The van der Waals surface area contributed by atoms with Crippen LogP contribution in [0.3, 0.4) is 0 Å². The molecule has 0 aliphatic heterocycles. The molecule has 0 aliphatic rings. The molecule has 0 saturated carbocycles. The second-order valence-electron chi connectivity index (χ2n) is 5.43. The summed E-state index contributed by atoms with van der Waals surface area (Å²) in [4.78, 5) is 23.7. The minimum atomic E-state index is -0.155. The van der Waals surface area contributed by atoms with Crippen LogP contribution in [0.1, 0.15) is 12.5 Å². The topological polar surface area (TPSA) is 66.9 Å². The van der Waals surface area contributed by atoms with Crippen molar-refractivity contribution in [3.8, 4) is 5.69 Å². The lowest BCUT2D eigenvalue weighted by molar-refractivity contribution is -0.114. The fraction of sp³-hybridized carbons (Fsp3) is 0.0526. The molecule has 24 heavy (non-hydrogen) atoms. The van der Waals surface area contributed by atoms with E-state index in [-0.39, 0.29) is 11.5 Å². The maximum absolute atomic E-state index is 12.6. The lowest BCUT2D eigenvalue weighted by Gasteiger charge is -2.01. The molecule has 5 nitrogen and oxygen atoms in total. The molecular formula is C19H17N3O2. The van der Waals surface area contributed by atoms with Gasteiger partial charge in [0, 0.05) is 12.6 Å². The van der Waals surface area contributed by atoms with Crippen molar-refractivity contribution < 1.29 is 4.79 Å². The van der Waals surface area contributed by atoms with Crippen LogP contribution >= 0.6 is 0 Å². The minimum absolute atomic E-state index is 0.122. The second-order valence-corrected chi connectivity index (χ2v) is 5.43. The van der Waals surface area contributed by atoms with Crippen LogP contribution < -0.4 is 21.4 Å². The van der Waals surface area contributed by atoms with Crippen molar-refractivity contribution in [2.24, 2.45) is 0 Å². The predicted octanol–water partition coefficient (Wildman–Crippen LogP) is 1.36. The van der Waals surface area contributed by atoms with E-state index >= 15 is 0 Å². The van der Waals surface area contributed by atoms with Gasteiger partial charge in [0.25, 0.3) is 5.56 Å². The lowest BCUT2D eigenvalue weighted by atomic mass is 10.2. The standard InChI is InChI=1S/C19H17N3O2/c1-13-18(12-15-8-10-16(11-9-15)20-14(2)23)19(24)22(21-13)17-6-4-3-5-7-17/h3-12,21H,1H2,2H3,(H,20,23). The molecule has 2 aromatic carbocycles. The number of para-hydroxylation sites is 1. The predicted molar refractivity (Wildman–Crippen MR) is 95.5 cm³/mol. The second kappa shape index (κ2) is 6.42. The summed E-state index contributed by atoms with van der Waals surface area (Å²) >= 11 is 0. The number of anilines is 1. The van der Waals surface area contributed by atoms with Crippen LogP contribution in [-0.4, -0.2) is 15.7 Å². The summed E-state index contributed by atoms with van der Waals surface area (Å²) in [5, 5.41) is 6.76. The number of aromatic amines is 1. The number of aromatic nitrogens is 2. The largest absolute Gasteiger partial charge is 0.326 e. The normalized spacial score (nSPS) is 11.5. The number of carbonyl (C=O) groups excluding carboxylic acids is 1. The van der Waals surface area contributed by atoms with Crippen molar-refractivity contribution in [2.45, 2.75) is 6.92 Å². The minimum Gasteiger partial charge on any atom is -0.326 e. The van der Waals surface area contributed by atoms with E-state index in [0.29, 0.717) is 16.3 Å². The van der Waals surface area contributed by atoms with Crippen LogP contribution in [0, 0.1) is 0 Å². The van der Waals surface area contributed by atoms with Crippen molar-refractivity contribution in [1.82, 2.24) is 9.78 Å². The van der Waals surface area contributed by atoms with E-state index in [1.54, 1.807) is 18.2 Å². The zero-order chi connectivity index (χ0) is 17.1. The van der Waals surface area contributed by atoms with Gasteiger partial charge in [-0.15, -0.1) is 0 Å². The zero-order valence-electron chi connectivity index (χ0n) is 13.2. The van der Waals surface area contributed by atoms with Gasteiger partial charge in [-0.1, -0.05) is 36.9 Å². The van der Waals surface area contributed by atoms with E-state index in [4.69, 9.17) is 0 Å². The summed E-state index contributed by atoms with van der Waals surface area (Å²) in [7, 11) is 0. The van der Waals surface area contributed by atoms with Gasteiger partial charge in [-0.3, -0.25) is 14.7 Å². The third-order valence-corrected chi connectivity index (χ3v) is 3.56. The Morgan fingerprint density at radius 2 is 1.79 bits per heavy atom. The number of rotatable bonds is 3. The Bertz CT molecular complexity index is 1030. The molecule has 0 aliphatic carbocycles. The third kappa shape index (κ3) is 3.20. The number of carbonyl (C=O) groups is 1. The van der Waals surface area contributed by atoms with Gasteiger partial charge in [-0.2, -0.15) is 0 Å². The number of nitrogens with one attached hydrogen (secondary N) is 2. The highest BCUT2D eigenvalue weighted by Crippen LogP contribution is 2.09. The van der Waals surface area contributed by atoms with Gasteiger partial charge in [0.1, 0.15) is 0 Å². The average molecular weight is 319 g/mol. The summed E-state index contributed by atoms with van der Waals surface area (Å²) in [5.74, 6) is -0.122. The summed E-state index contributed by atoms with van der Waals surface area (Å²) in [6.07, 6.45) is 1.78. The molecule has 5 heteroatoms. The summed E-state index contributed by atoms with van der Waals surface area (Å²) in [6, 6.07) is 16.6. The van der Waals surface area contributed by atoms with Gasteiger partial charge in [0.05, 0.1) is 16.3 Å². The van der Waals surface area contributed by atoms with Crippen LogP contribution in [0.2, 0.25) is 0 Å². The molecule has 0 spiro atoms. The highest BCUT2D eigenvalue weighted by Gasteiger charge is 2.04. The van der Waals surface area contributed by atoms with Gasteiger partial charge in [-0.05, 0) is 35.9 Å². The van der Waals surface area contributed by atoms with E-state index in [0.717, 1.165) is 11.3 Å². The zero-order valence-corrected chi connectivity index (χ0v) is 13.2. The Morgan fingerprint density at radius 3 is 2.42 bits per heavy atom.